The summed E-state index contributed by atoms with van der Waals surface area (Å²) in [6.07, 6.45) is 16.1. The molecule has 0 fully saturated rings. The minimum absolute atomic E-state index is 0.0301. The average molecular weight is 369 g/mol. The normalized spacial score (nSPS) is 12.2. The number of carbonyl (C=O) groups is 3. The summed E-state index contributed by atoms with van der Waals surface area (Å²) >= 11 is 0. The van der Waals surface area contributed by atoms with Gasteiger partial charge in [0.05, 0.1) is 0 Å². The number of hydrogen-bond acceptors (Lipinski definition) is 3. The van der Waals surface area contributed by atoms with Crippen LogP contribution in [0.15, 0.2) is 12.2 Å². The number of aliphatic carboxylic acids is 1. The first-order chi connectivity index (χ1) is 12.5. The minimum atomic E-state index is -1.14. The lowest BCUT2D eigenvalue weighted by molar-refractivity contribution is -0.142. The Hall–Kier alpha value is -1.85. The molecule has 4 N–H and O–H groups in total. The first kappa shape index (κ1) is 24.1. The van der Waals surface area contributed by atoms with Crippen molar-refractivity contribution in [3.63, 3.8) is 0 Å². The van der Waals surface area contributed by atoms with Gasteiger partial charge in [-0.3, -0.25) is 9.59 Å². The smallest absolute Gasteiger partial charge is 0.326 e. The maximum absolute atomic E-state index is 11.8. The summed E-state index contributed by atoms with van der Waals surface area (Å²) in [4.78, 5) is 33.6. The number of primary amides is 1. The van der Waals surface area contributed by atoms with Crippen LogP contribution in [-0.2, 0) is 14.4 Å². The molecule has 0 unspecified atom stereocenters. The number of nitrogens with one attached hydrogen (secondary N) is 1. The third-order valence-electron chi connectivity index (χ3n) is 4.23. The Bertz CT molecular complexity index is 436. The number of unbranched alkanes of at least 4 members (excludes halogenated alkanes) is 8. The number of hydrogen-bond donors (Lipinski definition) is 3. The molecule has 6 nitrogen and oxygen atoms in total. The highest BCUT2D eigenvalue weighted by Gasteiger charge is 2.20. The quantitative estimate of drug-likeness (QED) is 0.269. The molecule has 0 aliphatic heterocycles. The van der Waals surface area contributed by atoms with Gasteiger partial charge in [-0.2, -0.15) is 0 Å². The molecule has 150 valence electrons. The van der Waals surface area contributed by atoms with Gasteiger partial charge in [0, 0.05) is 12.8 Å². The molecule has 0 aliphatic rings. The van der Waals surface area contributed by atoms with Gasteiger partial charge in [0.2, 0.25) is 11.8 Å². The summed E-state index contributed by atoms with van der Waals surface area (Å²) in [5.41, 5.74) is 5.01. The van der Waals surface area contributed by atoms with Crippen LogP contribution in [0.25, 0.3) is 0 Å². The molecule has 26 heavy (non-hydrogen) atoms. The fourth-order valence-corrected chi connectivity index (χ4v) is 2.64. The molecule has 0 aliphatic carbocycles. The van der Waals surface area contributed by atoms with Crippen molar-refractivity contribution in [1.82, 2.24) is 5.32 Å². The van der Waals surface area contributed by atoms with Crippen LogP contribution in [0.2, 0.25) is 0 Å². The van der Waals surface area contributed by atoms with Gasteiger partial charge in [0.1, 0.15) is 6.04 Å². The Morgan fingerprint density at radius 1 is 0.923 bits per heavy atom. The lowest BCUT2D eigenvalue weighted by Crippen LogP contribution is -2.41. The van der Waals surface area contributed by atoms with E-state index < -0.39 is 17.9 Å². The topological polar surface area (TPSA) is 109 Å². The highest BCUT2D eigenvalue weighted by atomic mass is 16.4. The van der Waals surface area contributed by atoms with Crippen LogP contribution in [0, 0.1) is 0 Å². The maximum atomic E-state index is 11.8. The van der Waals surface area contributed by atoms with E-state index in [0.29, 0.717) is 6.42 Å². The summed E-state index contributed by atoms with van der Waals surface area (Å²) in [7, 11) is 0. The van der Waals surface area contributed by atoms with Crippen molar-refractivity contribution in [2.45, 2.75) is 96.4 Å². The third-order valence-corrected chi connectivity index (χ3v) is 4.23. The predicted octanol–water partition coefficient (Wildman–Crippen LogP) is 3.69. The number of carbonyl (C=O) groups excluding carboxylic acids is 2. The van der Waals surface area contributed by atoms with Crippen molar-refractivity contribution < 1.29 is 19.5 Å². The highest BCUT2D eigenvalue weighted by molar-refractivity contribution is 5.84. The Morgan fingerprint density at radius 2 is 1.50 bits per heavy atom. The van der Waals surface area contributed by atoms with E-state index in [1.165, 1.54) is 32.1 Å². The summed E-state index contributed by atoms with van der Waals surface area (Å²) in [6, 6.07) is -1.04. The van der Waals surface area contributed by atoms with Crippen molar-refractivity contribution >= 4 is 17.8 Å². The molecule has 0 spiro atoms. The summed E-state index contributed by atoms with van der Waals surface area (Å²) in [5.74, 6) is -1.99. The minimum Gasteiger partial charge on any atom is -0.480 e. The molecular weight excluding hydrogens is 332 g/mol. The maximum Gasteiger partial charge on any atom is 0.326 e. The number of carboxylic acid groups (broad SMARTS) is 1. The molecule has 2 amide bonds. The van der Waals surface area contributed by atoms with E-state index >= 15 is 0 Å². The Morgan fingerprint density at radius 3 is 2.08 bits per heavy atom. The monoisotopic (exact) mass is 368 g/mol. The molecule has 0 heterocycles. The number of allylic oxidation sites excluding steroid dienone is 2. The van der Waals surface area contributed by atoms with Crippen LogP contribution < -0.4 is 11.1 Å². The summed E-state index contributed by atoms with van der Waals surface area (Å²) < 4.78 is 0. The molecular formula is C20H36N2O4. The Kier molecular flexibility index (Phi) is 15.4. The zero-order valence-corrected chi connectivity index (χ0v) is 16.2. The zero-order chi connectivity index (χ0) is 19.6. The third kappa shape index (κ3) is 15.7. The highest BCUT2D eigenvalue weighted by Crippen LogP contribution is 2.09. The Labute approximate surface area is 157 Å². The van der Waals surface area contributed by atoms with Crippen LogP contribution in [-0.4, -0.2) is 28.9 Å². The van der Waals surface area contributed by atoms with E-state index in [0.717, 1.165) is 32.1 Å². The second kappa shape index (κ2) is 16.6. The molecule has 6 heteroatoms. The summed E-state index contributed by atoms with van der Waals surface area (Å²) in [5, 5.41) is 11.5. The van der Waals surface area contributed by atoms with Gasteiger partial charge in [-0.1, -0.05) is 51.2 Å². The molecule has 0 saturated heterocycles. The van der Waals surface area contributed by atoms with Gasteiger partial charge in [-0.25, -0.2) is 4.79 Å². The van der Waals surface area contributed by atoms with Gasteiger partial charge in [-0.15, -0.1) is 0 Å². The fourth-order valence-electron chi connectivity index (χ4n) is 2.64. The SMILES string of the molecule is CCCCC/C=C\CCCCCCCC(=O)N[C@@H](CCC(N)=O)C(=O)O. The van der Waals surface area contributed by atoms with E-state index in [2.05, 4.69) is 24.4 Å². The lowest BCUT2D eigenvalue weighted by Gasteiger charge is -2.13. The van der Waals surface area contributed by atoms with Crippen molar-refractivity contribution in [2.24, 2.45) is 5.73 Å². The lowest BCUT2D eigenvalue weighted by atomic mass is 10.1. The van der Waals surface area contributed by atoms with Crippen molar-refractivity contribution in [1.29, 1.82) is 0 Å². The van der Waals surface area contributed by atoms with E-state index in [-0.39, 0.29) is 18.7 Å². The van der Waals surface area contributed by atoms with Crippen LogP contribution >= 0.6 is 0 Å². The Balaban J connectivity index is 3.63. The largest absolute Gasteiger partial charge is 0.480 e. The second-order valence-corrected chi connectivity index (χ2v) is 6.74. The van der Waals surface area contributed by atoms with Crippen LogP contribution in [0.1, 0.15) is 90.4 Å². The second-order valence-electron chi connectivity index (χ2n) is 6.74. The van der Waals surface area contributed by atoms with Crippen molar-refractivity contribution in [3.8, 4) is 0 Å². The first-order valence-electron chi connectivity index (χ1n) is 9.92. The molecule has 0 rings (SSSR count). The number of amides is 2. The fraction of sp³-hybridized carbons (Fsp3) is 0.750. The van der Waals surface area contributed by atoms with Crippen LogP contribution in [0.4, 0.5) is 0 Å². The average Bonchev–Trinajstić information content (AvgIpc) is 2.59. The van der Waals surface area contributed by atoms with E-state index in [1.807, 2.05) is 0 Å². The molecule has 0 aromatic carbocycles. The van der Waals surface area contributed by atoms with Gasteiger partial charge < -0.3 is 16.2 Å². The van der Waals surface area contributed by atoms with Gasteiger partial charge in [-0.05, 0) is 38.5 Å². The van der Waals surface area contributed by atoms with Gasteiger partial charge in [0.25, 0.3) is 0 Å². The molecule has 1 atom stereocenters. The first-order valence-corrected chi connectivity index (χ1v) is 9.92. The van der Waals surface area contributed by atoms with Crippen LogP contribution in [0.3, 0.4) is 0 Å². The van der Waals surface area contributed by atoms with E-state index in [4.69, 9.17) is 10.8 Å². The van der Waals surface area contributed by atoms with Crippen molar-refractivity contribution in [3.05, 3.63) is 12.2 Å². The molecule has 0 bridgehead atoms. The number of nitrogens with two attached hydrogens (primary N) is 1. The molecule has 0 aromatic rings. The van der Waals surface area contributed by atoms with E-state index in [9.17, 15) is 14.4 Å². The molecule has 0 saturated carbocycles. The number of carboxylic acids is 1. The van der Waals surface area contributed by atoms with Gasteiger partial charge in [0.15, 0.2) is 0 Å². The number of rotatable bonds is 17. The van der Waals surface area contributed by atoms with Crippen LogP contribution in [0.5, 0.6) is 0 Å². The van der Waals surface area contributed by atoms with E-state index in [1.54, 1.807) is 0 Å². The van der Waals surface area contributed by atoms with Crippen molar-refractivity contribution in [2.75, 3.05) is 0 Å². The predicted molar refractivity (Wildman–Crippen MR) is 104 cm³/mol. The molecule has 0 aromatic heterocycles. The van der Waals surface area contributed by atoms with Gasteiger partial charge >= 0.3 is 5.97 Å². The zero-order valence-electron chi connectivity index (χ0n) is 16.2. The standard InChI is InChI=1S/C20H36N2O4/c1-2-3-4-5-6-7-8-9-10-11-12-13-14-19(24)22-17(20(25)26)15-16-18(21)23/h6-7,17H,2-5,8-16H2,1H3,(H2,21,23)(H,22,24)(H,25,26)/b7-6-/t17-/m0/s1. The molecule has 0 radical (unpaired) electrons. The summed E-state index contributed by atoms with van der Waals surface area (Å²) in [6.45, 7) is 2.21.